The molecule has 33 heavy (non-hydrogen) atoms. The quantitative estimate of drug-likeness (QED) is 0.521. The lowest BCUT2D eigenvalue weighted by atomic mass is 9.97. The second-order valence-electron chi connectivity index (χ2n) is 8.11. The number of carbonyl (C=O) groups is 3. The van der Waals surface area contributed by atoms with E-state index >= 15 is 0 Å². The van der Waals surface area contributed by atoms with E-state index in [2.05, 4.69) is 16.0 Å². The van der Waals surface area contributed by atoms with Crippen LogP contribution in [0.3, 0.4) is 0 Å². The van der Waals surface area contributed by atoms with Gasteiger partial charge in [0.15, 0.2) is 0 Å². The van der Waals surface area contributed by atoms with Crippen molar-refractivity contribution in [2.24, 2.45) is 5.92 Å². The molecular formula is C24H36N4O5. The smallest absolute Gasteiger partial charge is 0.243 e. The molecule has 182 valence electrons. The number of para-hydroxylation sites is 1. The maximum Gasteiger partial charge on any atom is 0.243 e. The molecule has 9 heteroatoms. The van der Waals surface area contributed by atoms with Gasteiger partial charge in [0.2, 0.25) is 17.7 Å². The molecule has 3 unspecified atom stereocenters. The average molecular weight is 461 g/mol. The van der Waals surface area contributed by atoms with Crippen LogP contribution >= 0.6 is 0 Å². The van der Waals surface area contributed by atoms with Gasteiger partial charge in [-0.1, -0.05) is 50.6 Å². The van der Waals surface area contributed by atoms with Crippen LogP contribution in [-0.4, -0.2) is 79.7 Å². The van der Waals surface area contributed by atoms with E-state index < -0.39 is 18.0 Å². The van der Waals surface area contributed by atoms with Crippen LogP contribution in [0.1, 0.15) is 32.3 Å². The summed E-state index contributed by atoms with van der Waals surface area (Å²) in [7, 11) is 1.55. The first-order valence-electron chi connectivity index (χ1n) is 11.4. The first-order chi connectivity index (χ1) is 15.9. The van der Waals surface area contributed by atoms with Gasteiger partial charge in [-0.15, -0.1) is 0 Å². The van der Waals surface area contributed by atoms with Crippen molar-refractivity contribution in [3.8, 4) is 5.75 Å². The molecule has 3 atom stereocenters. The fourth-order valence-corrected chi connectivity index (χ4v) is 3.59. The van der Waals surface area contributed by atoms with Crippen LogP contribution in [0, 0.1) is 5.92 Å². The van der Waals surface area contributed by atoms with Crippen molar-refractivity contribution >= 4 is 23.8 Å². The largest absolute Gasteiger partial charge is 0.492 e. The van der Waals surface area contributed by atoms with Crippen LogP contribution in [0.15, 0.2) is 30.3 Å². The summed E-state index contributed by atoms with van der Waals surface area (Å²) in [5.74, 6) is -0.348. The Morgan fingerprint density at radius 3 is 2.70 bits per heavy atom. The number of aliphatic hydroxyl groups is 1. The van der Waals surface area contributed by atoms with E-state index in [4.69, 9.17) is 4.74 Å². The number of rotatable bonds is 4. The molecule has 0 saturated heterocycles. The van der Waals surface area contributed by atoms with Crippen molar-refractivity contribution in [2.45, 2.75) is 38.8 Å². The summed E-state index contributed by atoms with van der Waals surface area (Å²) >= 11 is 0. The Labute approximate surface area is 195 Å². The first-order valence-corrected chi connectivity index (χ1v) is 11.4. The Morgan fingerprint density at radius 2 is 1.97 bits per heavy atom. The number of ether oxygens (including phenoxy) is 1. The maximum absolute atomic E-state index is 13.3. The molecule has 1 aliphatic heterocycles. The van der Waals surface area contributed by atoms with Crippen LogP contribution in [0.2, 0.25) is 0 Å². The summed E-state index contributed by atoms with van der Waals surface area (Å²) in [6.45, 7) is 4.58. The zero-order valence-electron chi connectivity index (χ0n) is 19.7. The zero-order valence-corrected chi connectivity index (χ0v) is 19.7. The standard InChI is InChI=1S/C24H36N4O5/c1-4-17(2)22-24(32)28(3)19(11-14-29)23(31)27-16-21(30)25-12-7-9-18-8-5-6-10-20(18)33-15-13-26-22/h5-10,17,19,22,26,29H,4,11-16H2,1-3H3,(H,25,30)(H,27,31)/b9-7+. The number of nitrogens with one attached hydrogen (secondary N) is 3. The van der Waals surface area contributed by atoms with E-state index in [1.54, 1.807) is 7.05 Å². The lowest BCUT2D eigenvalue weighted by molar-refractivity contribution is -0.142. The molecule has 4 N–H and O–H groups in total. The van der Waals surface area contributed by atoms with Gasteiger partial charge in [-0.05, 0) is 18.4 Å². The lowest BCUT2D eigenvalue weighted by Crippen LogP contribution is -2.56. The summed E-state index contributed by atoms with van der Waals surface area (Å²) in [6.07, 6.45) is 4.51. The van der Waals surface area contributed by atoms with E-state index in [1.165, 1.54) is 4.90 Å². The molecule has 3 amide bonds. The van der Waals surface area contributed by atoms with Crippen LogP contribution in [0.5, 0.6) is 5.75 Å². The third-order valence-electron chi connectivity index (χ3n) is 5.78. The van der Waals surface area contributed by atoms with Crippen molar-refractivity contribution in [1.82, 2.24) is 20.9 Å². The average Bonchev–Trinajstić information content (AvgIpc) is 2.82. The van der Waals surface area contributed by atoms with Gasteiger partial charge in [0.05, 0.1) is 12.6 Å². The summed E-state index contributed by atoms with van der Waals surface area (Å²) in [5, 5.41) is 18.0. The fraction of sp³-hybridized carbons (Fsp3) is 0.542. The van der Waals surface area contributed by atoms with Gasteiger partial charge in [0, 0.05) is 32.3 Å². The highest BCUT2D eigenvalue weighted by atomic mass is 16.5. The van der Waals surface area contributed by atoms with Crippen LogP contribution in [0.25, 0.3) is 6.08 Å². The number of hydrogen-bond donors (Lipinski definition) is 4. The van der Waals surface area contributed by atoms with E-state index in [-0.39, 0.29) is 37.3 Å². The molecule has 0 fully saturated rings. The fourth-order valence-electron chi connectivity index (χ4n) is 3.59. The molecule has 0 radical (unpaired) electrons. The zero-order chi connectivity index (χ0) is 24.2. The highest BCUT2D eigenvalue weighted by molar-refractivity contribution is 5.92. The van der Waals surface area contributed by atoms with Crippen molar-refractivity contribution in [2.75, 3.05) is 39.9 Å². The summed E-state index contributed by atoms with van der Waals surface area (Å²) in [5.41, 5.74) is 0.877. The Bertz CT molecular complexity index is 829. The molecule has 0 aromatic heterocycles. The van der Waals surface area contributed by atoms with Crippen molar-refractivity contribution in [1.29, 1.82) is 0 Å². The molecule has 1 aromatic carbocycles. The Hall–Kier alpha value is -2.91. The molecule has 1 heterocycles. The number of fused-ring (bicyclic) bond motifs is 1. The minimum absolute atomic E-state index is 0.0179. The summed E-state index contributed by atoms with van der Waals surface area (Å²) in [6, 6.07) is 6.18. The lowest BCUT2D eigenvalue weighted by Gasteiger charge is -2.33. The number of nitrogens with zero attached hydrogens (tertiary/aromatic N) is 1. The van der Waals surface area contributed by atoms with E-state index in [0.717, 1.165) is 12.0 Å². The molecule has 0 bridgehead atoms. The number of likely N-dealkylation sites (N-methyl/N-ethyl adjacent to an activating group) is 1. The molecule has 2 rings (SSSR count). The van der Waals surface area contributed by atoms with Crippen LogP contribution < -0.4 is 20.7 Å². The van der Waals surface area contributed by atoms with Gasteiger partial charge >= 0.3 is 0 Å². The number of hydrogen-bond acceptors (Lipinski definition) is 6. The first kappa shape index (κ1) is 26.3. The van der Waals surface area contributed by atoms with Crippen molar-refractivity contribution in [3.05, 3.63) is 35.9 Å². The van der Waals surface area contributed by atoms with Crippen LogP contribution in [-0.2, 0) is 14.4 Å². The normalized spacial score (nSPS) is 23.3. The van der Waals surface area contributed by atoms with Gasteiger partial charge in [-0.25, -0.2) is 0 Å². The molecular weight excluding hydrogens is 424 g/mol. The monoisotopic (exact) mass is 460 g/mol. The second-order valence-corrected chi connectivity index (χ2v) is 8.11. The van der Waals surface area contributed by atoms with E-state index in [9.17, 15) is 19.5 Å². The molecule has 1 aliphatic rings. The predicted molar refractivity (Wildman–Crippen MR) is 126 cm³/mol. The molecule has 0 saturated carbocycles. The number of aliphatic hydroxyl groups excluding tert-OH is 1. The summed E-state index contributed by atoms with van der Waals surface area (Å²) in [4.78, 5) is 39.5. The van der Waals surface area contributed by atoms with Gasteiger partial charge in [-0.2, -0.15) is 0 Å². The van der Waals surface area contributed by atoms with Crippen molar-refractivity contribution in [3.63, 3.8) is 0 Å². The summed E-state index contributed by atoms with van der Waals surface area (Å²) < 4.78 is 5.93. The Balaban J connectivity index is 2.26. The molecule has 9 nitrogen and oxygen atoms in total. The Morgan fingerprint density at radius 1 is 1.21 bits per heavy atom. The highest BCUT2D eigenvalue weighted by Gasteiger charge is 2.33. The van der Waals surface area contributed by atoms with E-state index in [0.29, 0.717) is 25.4 Å². The van der Waals surface area contributed by atoms with Gasteiger partial charge in [0.1, 0.15) is 18.4 Å². The second kappa shape index (κ2) is 13.6. The number of benzene rings is 1. The third kappa shape index (κ3) is 7.87. The predicted octanol–water partition coefficient (Wildman–Crippen LogP) is 0.538. The number of carbonyl (C=O) groups excluding carboxylic acids is 3. The maximum atomic E-state index is 13.3. The van der Waals surface area contributed by atoms with Gasteiger partial charge in [0.25, 0.3) is 0 Å². The van der Waals surface area contributed by atoms with E-state index in [1.807, 2.05) is 50.3 Å². The van der Waals surface area contributed by atoms with Crippen LogP contribution in [0.4, 0.5) is 0 Å². The highest BCUT2D eigenvalue weighted by Crippen LogP contribution is 2.19. The molecule has 0 spiro atoms. The topological polar surface area (TPSA) is 120 Å². The van der Waals surface area contributed by atoms with Gasteiger partial charge < -0.3 is 30.7 Å². The minimum Gasteiger partial charge on any atom is -0.492 e. The molecule has 1 aromatic rings. The third-order valence-corrected chi connectivity index (χ3v) is 5.78. The van der Waals surface area contributed by atoms with Crippen molar-refractivity contribution < 1.29 is 24.2 Å². The minimum atomic E-state index is -0.884. The van der Waals surface area contributed by atoms with Gasteiger partial charge in [-0.3, -0.25) is 14.4 Å². The number of amides is 3. The Kier molecular flexibility index (Phi) is 10.9. The SMILES string of the molecule is CCC(C)C1NCCOc2ccccc2/C=C/CNC(=O)CNC(=O)C(CCO)N(C)C1=O. The molecule has 0 aliphatic carbocycles.